The smallest absolute Gasteiger partial charge is 0.362 e. The number of hydrogen-bond acceptors (Lipinski definition) is 6. The molecule has 1 N–H and O–H groups in total. The fourth-order valence-electron chi connectivity index (χ4n) is 6.77. The number of nitrogens with zero attached hydrogens (tertiary/aromatic N) is 1. The Bertz CT molecular complexity index is 1150. The maximum absolute atomic E-state index is 12.8. The third-order valence-corrected chi connectivity index (χ3v) is 10.5. The lowest BCUT2D eigenvalue weighted by molar-refractivity contribution is -0.887. The van der Waals surface area contributed by atoms with E-state index in [1.54, 1.807) is 0 Å². The van der Waals surface area contributed by atoms with Gasteiger partial charge in [-0.3, -0.25) is 9.59 Å². The first-order valence-corrected chi connectivity index (χ1v) is 23.9. The van der Waals surface area contributed by atoms with E-state index in [-0.39, 0.29) is 36.2 Å². The van der Waals surface area contributed by atoms with Gasteiger partial charge in [0.2, 0.25) is 0 Å². The zero-order chi connectivity index (χ0) is 43.5. The summed E-state index contributed by atoms with van der Waals surface area (Å²) in [5.74, 6) is -1.51. The SMILES string of the molecule is CC/C=C/C=C/C=C/CCCCCCCC(=O)OCC(COCCC(C(=O)O)[N+](C)(C)C)OC(=O)CCCCCCCCC/C=C/C/C=C/CCCCCCCCCC. The first-order chi connectivity index (χ1) is 28.6. The Balaban J connectivity index is 4.30. The first kappa shape index (κ1) is 56.0. The molecule has 0 amide bonds. The van der Waals surface area contributed by atoms with E-state index in [1.165, 1.54) is 83.5 Å². The van der Waals surface area contributed by atoms with Crippen molar-refractivity contribution in [2.75, 3.05) is 41.0 Å². The van der Waals surface area contributed by atoms with Gasteiger partial charge in [0.1, 0.15) is 6.61 Å². The molecule has 2 unspecified atom stereocenters. The Morgan fingerprint density at radius 3 is 1.53 bits per heavy atom. The van der Waals surface area contributed by atoms with E-state index in [1.807, 2.05) is 27.2 Å². The molecule has 0 aromatic heterocycles. The van der Waals surface area contributed by atoms with Crippen LogP contribution < -0.4 is 0 Å². The van der Waals surface area contributed by atoms with Gasteiger partial charge in [0.25, 0.3) is 0 Å². The zero-order valence-corrected chi connectivity index (χ0v) is 38.7. The highest BCUT2D eigenvalue weighted by molar-refractivity contribution is 5.72. The molecule has 0 aliphatic heterocycles. The van der Waals surface area contributed by atoms with Crippen LogP contribution in [0.15, 0.2) is 60.8 Å². The van der Waals surface area contributed by atoms with Crippen LogP contribution in [-0.4, -0.2) is 80.6 Å². The predicted octanol–water partition coefficient (Wildman–Crippen LogP) is 13.4. The van der Waals surface area contributed by atoms with Crippen LogP contribution in [0.2, 0.25) is 0 Å². The fraction of sp³-hybridized carbons (Fsp3) is 0.745. The molecule has 0 aromatic carbocycles. The molecule has 59 heavy (non-hydrogen) atoms. The molecule has 0 saturated carbocycles. The Hall–Kier alpha value is -2.97. The summed E-state index contributed by atoms with van der Waals surface area (Å²) in [5, 5.41) is 9.63. The highest BCUT2D eigenvalue weighted by Gasteiger charge is 2.31. The van der Waals surface area contributed by atoms with Crippen LogP contribution in [0.5, 0.6) is 0 Å². The van der Waals surface area contributed by atoms with Gasteiger partial charge < -0.3 is 23.8 Å². The number of quaternary nitrogens is 1. The molecule has 0 rings (SSSR count). The second kappa shape index (κ2) is 41.8. The molecular formula is C51H90NO7+. The number of carboxylic acid groups (broad SMARTS) is 1. The number of rotatable bonds is 42. The molecule has 0 aliphatic carbocycles. The van der Waals surface area contributed by atoms with E-state index in [2.05, 4.69) is 68.5 Å². The monoisotopic (exact) mass is 829 g/mol. The largest absolute Gasteiger partial charge is 0.477 e. The van der Waals surface area contributed by atoms with Crippen molar-refractivity contribution >= 4 is 17.9 Å². The average Bonchev–Trinajstić information content (AvgIpc) is 3.19. The molecule has 2 atom stereocenters. The first-order valence-electron chi connectivity index (χ1n) is 23.9. The maximum atomic E-state index is 12.8. The molecular weight excluding hydrogens is 739 g/mol. The molecule has 0 aromatic rings. The summed E-state index contributed by atoms with van der Waals surface area (Å²) in [6.07, 6.45) is 51.3. The van der Waals surface area contributed by atoms with Crippen molar-refractivity contribution < 1.29 is 38.2 Å². The molecule has 0 bridgehead atoms. The van der Waals surface area contributed by atoms with Crippen LogP contribution >= 0.6 is 0 Å². The molecule has 0 radical (unpaired) electrons. The van der Waals surface area contributed by atoms with E-state index >= 15 is 0 Å². The number of allylic oxidation sites excluding steroid dienone is 10. The van der Waals surface area contributed by atoms with Crippen LogP contribution in [0.1, 0.15) is 194 Å². The predicted molar refractivity (Wildman–Crippen MR) is 247 cm³/mol. The van der Waals surface area contributed by atoms with Gasteiger partial charge in [-0.05, 0) is 64.2 Å². The molecule has 0 spiro atoms. The Labute approximate surface area is 362 Å². The summed E-state index contributed by atoms with van der Waals surface area (Å²) in [5.41, 5.74) is 0. The normalized spacial score (nSPS) is 13.4. The van der Waals surface area contributed by atoms with Crippen molar-refractivity contribution in [2.45, 2.75) is 206 Å². The standard InChI is InChI=1S/C51H89NO7/c1-6-8-10-12-14-16-18-20-21-22-23-24-25-26-27-28-30-32-34-36-38-40-42-50(54)59-47(45-57-44-43-48(51(55)56)52(3,4)5)46-58-49(53)41-39-37-35-33-31-29-19-17-15-13-11-9-7-2/h9,11,13,15,17,19,22-23,25-26,47-48H,6-8,10,12,14,16,18,20-21,24,27-46H2,1-5H3/p+1/b11-9+,15-13+,19-17+,23-22+,26-25+. The van der Waals surface area contributed by atoms with Gasteiger partial charge in [0.15, 0.2) is 12.1 Å². The minimum absolute atomic E-state index is 0.0490. The van der Waals surface area contributed by atoms with E-state index in [4.69, 9.17) is 14.2 Å². The third-order valence-electron chi connectivity index (χ3n) is 10.5. The second-order valence-electron chi connectivity index (χ2n) is 17.0. The molecule has 0 fully saturated rings. The number of likely N-dealkylation sites (N-methyl/N-ethyl adjacent to an activating group) is 1. The number of ether oxygens (including phenoxy) is 3. The summed E-state index contributed by atoms with van der Waals surface area (Å²) in [7, 11) is 5.52. The van der Waals surface area contributed by atoms with Crippen LogP contribution in [0.3, 0.4) is 0 Å². The quantitative estimate of drug-likeness (QED) is 0.0215. The van der Waals surface area contributed by atoms with Crippen molar-refractivity contribution in [3.05, 3.63) is 60.8 Å². The van der Waals surface area contributed by atoms with E-state index in [9.17, 15) is 19.5 Å². The fourth-order valence-corrected chi connectivity index (χ4v) is 6.77. The van der Waals surface area contributed by atoms with Gasteiger partial charge in [-0.2, -0.15) is 0 Å². The lowest BCUT2D eigenvalue weighted by atomic mass is 10.1. The number of esters is 2. The van der Waals surface area contributed by atoms with Crippen LogP contribution in [0.25, 0.3) is 0 Å². The third kappa shape index (κ3) is 40.2. The summed E-state index contributed by atoms with van der Waals surface area (Å²) < 4.78 is 17.3. The highest BCUT2D eigenvalue weighted by Crippen LogP contribution is 2.14. The topological polar surface area (TPSA) is 99.1 Å². The number of carbonyl (C=O) groups excluding carboxylic acids is 2. The van der Waals surface area contributed by atoms with Gasteiger partial charge in [0, 0.05) is 19.3 Å². The van der Waals surface area contributed by atoms with Gasteiger partial charge >= 0.3 is 17.9 Å². The minimum atomic E-state index is -0.881. The average molecular weight is 829 g/mol. The Morgan fingerprint density at radius 1 is 0.542 bits per heavy atom. The Morgan fingerprint density at radius 2 is 1.02 bits per heavy atom. The molecule has 0 heterocycles. The number of hydrogen-bond donors (Lipinski definition) is 1. The second-order valence-corrected chi connectivity index (χ2v) is 17.0. The highest BCUT2D eigenvalue weighted by atomic mass is 16.6. The summed E-state index contributed by atoms with van der Waals surface area (Å²) >= 11 is 0. The summed E-state index contributed by atoms with van der Waals surface area (Å²) in [6.45, 7) is 4.57. The molecule has 0 aliphatic rings. The summed E-state index contributed by atoms with van der Waals surface area (Å²) in [4.78, 5) is 37.0. The molecule has 340 valence electrons. The van der Waals surface area contributed by atoms with Gasteiger partial charge in [-0.15, -0.1) is 0 Å². The molecule has 8 heteroatoms. The number of unbranched alkanes of at least 4 members (excludes halogenated alkanes) is 20. The van der Waals surface area contributed by atoms with Crippen molar-refractivity contribution in [3.63, 3.8) is 0 Å². The number of carboxylic acids is 1. The van der Waals surface area contributed by atoms with Crippen molar-refractivity contribution in [1.82, 2.24) is 0 Å². The van der Waals surface area contributed by atoms with Crippen molar-refractivity contribution in [2.24, 2.45) is 0 Å². The maximum Gasteiger partial charge on any atom is 0.362 e. The zero-order valence-electron chi connectivity index (χ0n) is 38.7. The lowest BCUT2D eigenvalue weighted by Gasteiger charge is -2.31. The van der Waals surface area contributed by atoms with E-state index in [0.717, 1.165) is 77.0 Å². The van der Waals surface area contributed by atoms with Gasteiger partial charge in [-0.1, -0.05) is 171 Å². The Kier molecular flexibility index (Phi) is 39.6. The van der Waals surface area contributed by atoms with Crippen LogP contribution in [0, 0.1) is 0 Å². The van der Waals surface area contributed by atoms with Gasteiger partial charge in [0.05, 0.1) is 34.4 Å². The number of aliphatic carboxylic acids is 1. The number of carbonyl (C=O) groups is 3. The van der Waals surface area contributed by atoms with Crippen molar-refractivity contribution in [1.29, 1.82) is 0 Å². The molecule has 8 nitrogen and oxygen atoms in total. The lowest BCUT2D eigenvalue weighted by Crippen LogP contribution is -2.50. The van der Waals surface area contributed by atoms with Crippen LogP contribution in [-0.2, 0) is 28.6 Å². The molecule has 0 saturated heterocycles. The van der Waals surface area contributed by atoms with Crippen molar-refractivity contribution in [3.8, 4) is 0 Å². The van der Waals surface area contributed by atoms with E-state index in [0.29, 0.717) is 19.3 Å². The van der Waals surface area contributed by atoms with Gasteiger partial charge in [-0.25, -0.2) is 4.79 Å². The van der Waals surface area contributed by atoms with E-state index < -0.39 is 18.1 Å². The summed E-state index contributed by atoms with van der Waals surface area (Å²) in [6, 6.07) is -0.621. The van der Waals surface area contributed by atoms with Crippen LogP contribution in [0.4, 0.5) is 0 Å². The minimum Gasteiger partial charge on any atom is -0.477 e.